The number of halogens is 3. The summed E-state index contributed by atoms with van der Waals surface area (Å²) in [5, 5.41) is -0.482. The SMILES string of the molecule is CC(Cl)C(Cl)(Cl)CO[C]=O. The molecule has 0 spiro atoms. The van der Waals surface area contributed by atoms with Crippen LogP contribution in [0, 0.1) is 0 Å². The molecular weight excluding hydrogens is 198 g/mol. The predicted molar refractivity (Wildman–Crippen MR) is 41.4 cm³/mol. The molecule has 59 valence electrons. The van der Waals surface area contributed by atoms with E-state index in [0.29, 0.717) is 0 Å². The van der Waals surface area contributed by atoms with E-state index in [1.807, 2.05) is 0 Å². The molecule has 0 N–H and O–H groups in total. The van der Waals surface area contributed by atoms with Crippen LogP contribution in [0.2, 0.25) is 0 Å². The van der Waals surface area contributed by atoms with Gasteiger partial charge in [-0.05, 0) is 6.92 Å². The van der Waals surface area contributed by atoms with Gasteiger partial charge in [-0.25, -0.2) is 4.79 Å². The van der Waals surface area contributed by atoms with E-state index in [0.717, 1.165) is 0 Å². The first-order valence-corrected chi connectivity index (χ1v) is 3.71. The van der Waals surface area contributed by atoms with E-state index < -0.39 is 9.71 Å². The highest BCUT2D eigenvalue weighted by Gasteiger charge is 2.31. The number of alkyl halides is 3. The second-order valence-electron chi connectivity index (χ2n) is 1.75. The fourth-order valence-electron chi connectivity index (χ4n) is 0.241. The Morgan fingerprint density at radius 3 is 2.50 bits per heavy atom. The maximum absolute atomic E-state index is 9.57. The predicted octanol–water partition coefficient (Wildman–Crippen LogP) is 1.87. The second kappa shape index (κ2) is 4.27. The molecule has 0 aliphatic rings. The minimum atomic E-state index is -1.22. The Bertz CT molecular complexity index is 113. The van der Waals surface area contributed by atoms with Crippen LogP contribution in [0.15, 0.2) is 0 Å². The van der Waals surface area contributed by atoms with E-state index >= 15 is 0 Å². The van der Waals surface area contributed by atoms with E-state index in [1.165, 1.54) is 6.47 Å². The molecule has 0 aromatic rings. The fourth-order valence-corrected chi connectivity index (χ4v) is 0.413. The molecule has 1 atom stereocenters. The lowest BCUT2D eigenvalue weighted by Crippen LogP contribution is -2.29. The van der Waals surface area contributed by atoms with Crippen molar-refractivity contribution in [3.63, 3.8) is 0 Å². The molecule has 0 fully saturated rings. The largest absolute Gasteiger partial charge is 0.454 e. The lowest BCUT2D eigenvalue weighted by molar-refractivity contribution is 0.265. The zero-order chi connectivity index (χ0) is 8.20. The third-order valence-corrected chi connectivity index (χ3v) is 2.37. The summed E-state index contributed by atoms with van der Waals surface area (Å²) in [5.74, 6) is 0. The molecule has 0 heterocycles. The lowest BCUT2D eigenvalue weighted by atomic mass is 10.3. The Morgan fingerprint density at radius 1 is 1.70 bits per heavy atom. The summed E-state index contributed by atoms with van der Waals surface area (Å²) in [4.78, 5) is 9.57. The van der Waals surface area contributed by atoms with Crippen molar-refractivity contribution in [1.82, 2.24) is 0 Å². The van der Waals surface area contributed by atoms with Gasteiger partial charge >= 0.3 is 6.47 Å². The Balaban J connectivity index is 3.74. The highest BCUT2D eigenvalue weighted by Crippen LogP contribution is 2.28. The van der Waals surface area contributed by atoms with E-state index in [4.69, 9.17) is 34.8 Å². The first-order valence-electron chi connectivity index (χ1n) is 2.51. The highest BCUT2D eigenvalue weighted by atomic mass is 35.5. The molecular formula is C5H6Cl3O2. The van der Waals surface area contributed by atoms with Crippen LogP contribution in [0.5, 0.6) is 0 Å². The van der Waals surface area contributed by atoms with Crippen LogP contribution in [-0.2, 0) is 9.53 Å². The van der Waals surface area contributed by atoms with E-state index in [2.05, 4.69) is 4.74 Å². The molecule has 0 aliphatic heterocycles. The molecule has 0 bridgehead atoms. The highest BCUT2D eigenvalue weighted by molar-refractivity contribution is 6.52. The van der Waals surface area contributed by atoms with Crippen LogP contribution >= 0.6 is 34.8 Å². The van der Waals surface area contributed by atoms with Gasteiger partial charge in [0.2, 0.25) is 0 Å². The van der Waals surface area contributed by atoms with E-state index in [1.54, 1.807) is 6.92 Å². The monoisotopic (exact) mass is 203 g/mol. The molecule has 0 saturated carbocycles. The van der Waals surface area contributed by atoms with Crippen molar-refractivity contribution in [2.45, 2.75) is 16.6 Å². The van der Waals surface area contributed by atoms with Gasteiger partial charge in [-0.15, -0.1) is 11.6 Å². The topological polar surface area (TPSA) is 26.3 Å². The van der Waals surface area contributed by atoms with Crippen molar-refractivity contribution in [2.24, 2.45) is 0 Å². The van der Waals surface area contributed by atoms with Gasteiger partial charge in [0.15, 0.2) is 4.33 Å². The van der Waals surface area contributed by atoms with Crippen molar-refractivity contribution in [2.75, 3.05) is 6.61 Å². The minimum absolute atomic E-state index is 0.149. The Hall–Kier alpha value is 0.340. The van der Waals surface area contributed by atoms with Crippen molar-refractivity contribution >= 4 is 41.3 Å². The summed E-state index contributed by atoms with van der Waals surface area (Å²) >= 11 is 16.7. The second-order valence-corrected chi connectivity index (χ2v) is 3.95. The van der Waals surface area contributed by atoms with Crippen molar-refractivity contribution in [1.29, 1.82) is 0 Å². The molecule has 0 aliphatic carbocycles. The van der Waals surface area contributed by atoms with Gasteiger partial charge < -0.3 is 4.74 Å². The van der Waals surface area contributed by atoms with Gasteiger partial charge in [-0.1, -0.05) is 23.2 Å². The van der Waals surface area contributed by atoms with Crippen molar-refractivity contribution in [3.8, 4) is 0 Å². The summed E-state index contributed by atoms with van der Waals surface area (Å²) < 4.78 is 2.98. The zero-order valence-electron chi connectivity index (χ0n) is 5.23. The first-order chi connectivity index (χ1) is 4.50. The third kappa shape index (κ3) is 3.49. The molecule has 1 radical (unpaired) electrons. The van der Waals surface area contributed by atoms with E-state index in [-0.39, 0.29) is 6.61 Å². The third-order valence-electron chi connectivity index (χ3n) is 0.906. The number of ether oxygens (including phenoxy) is 1. The molecule has 0 aromatic heterocycles. The van der Waals surface area contributed by atoms with Gasteiger partial charge in [-0.3, -0.25) is 0 Å². The summed E-state index contributed by atoms with van der Waals surface area (Å²) in [6, 6.07) is 0. The Kier molecular flexibility index (Phi) is 4.41. The number of rotatable bonds is 4. The molecule has 0 amide bonds. The van der Waals surface area contributed by atoms with Crippen LogP contribution in [0.25, 0.3) is 0 Å². The zero-order valence-corrected chi connectivity index (χ0v) is 7.50. The first kappa shape index (κ1) is 10.3. The van der Waals surface area contributed by atoms with Crippen LogP contribution in [0.3, 0.4) is 0 Å². The lowest BCUT2D eigenvalue weighted by Gasteiger charge is -2.19. The van der Waals surface area contributed by atoms with Crippen molar-refractivity contribution < 1.29 is 9.53 Å². The molecule has 2 nitrogen and oxygen atoms in total. The summed E-state index contributed by atoms with van der Waals surface area (Å²) in [7, 11) is 0. The molecule has 1 unspecified atom stereocenters. The maximum Gasteiger partial charge on any atom is 0.417 e. The average molecular weight is 204 g/mol. The quantitative estimate of drug-likeness (QED) is 0.654. The molecule has 0 rings (SSSR count). The van der Waals surface area contributed by atoms with Gasteiger partial charge in [0.05, 0.1) is 5.38 Å². The van der Waals surface area contributed by atoms with Crippen LogP contribution in [-0.4, -0.2) is 22.8 Å². The summed E-state index contributed by atoms with van der Waals surface area (Å²) in [6.45, 7) is 2.66. The number of carbonyl (C=O) groups excluding carboxylic acids is 1. The maximum atomic E-state index is 9.57. The minimum Gasteiger partial charge on any atom is -0.454 e. The standard InChI is InChI=1S/C5H6Cl3O2/c1-4(6)5(7,8)2-10-3-9/h4H,2H2,1H3. The summed E-state index contributed by atoms with van der Waals surface area (Å²) in [5.41, 5.74) is 0. The molecule has 10 heavy (non-hydrogen) atoms. The normalized spacial score (nSPS) is 14.4. The smallest absolute Gasteiger partial charge is 0.417 e. The van der Waals surface area contributed by atoms with Crippen molar-refractivity contribution in [3.05, 3.63) is 0 Å². The van der Waals surface area contributed by atoms with Gasteiger partial charge in [0, 0.05) is 0 Å². The van der Waals surface area contributed by atoms with Crippen LogP contribution < -0.4 is 0 Å². The Morgan fingerprint density at radius 2 is 2.20 bits per heavy atom. The Labute approximate surface area is 74.4 Å². The van der Waals surface area contributed by atoms with E-state index in [9.17, 15) is 4.79 Å². The number of hydrogen-bond acceptors (Lipinski definition) is 2. The van der Waals surface area contributed by atoms with Crippen LogP contribution in [0.1, 0.15) is 6.92 Å². The van der Waals surface area contributed by atoms with Gasteiger partial charge in [-0.2, -0.15) is 0 Å². The fraction of sp³-hybridized carbons (Fsp3) is 0.800. The number of hydrogen-bond donors (Lipinski definition) is 0. The van der Waals surface area contributed by atoms with Crippen LogP contribution in [0.4, 0.5) is 0 Å². The summed E-state index contributed by atoms with van der Waals surface area (Å²) in [6.07, 6.45) is 0. The average Bonchev–Trinajstić information content (AvgIpc) is 1.84. The molecule has 0 saturated heterocycles. The van der Waals surface area contributed by atoms with Gasteiger partial charge in [0.1, 0.15) is 6.61 Å². The molecule has 0 aromatic carbocycles. The molecule has 5 heteroatoms. The van der Waals surface area contributed by atoms with Gasteiger partial charge in [0.25, 0.3) is 0 Å².